The Morgan fingerprint density at radius 3 is 2.79 bits per heavy atom. The van der Waals surface area contributed by atoms with Crippen LogP contribution in [0.3, 0.4) is 0 Å². The van der Waals surface area contributed by atoms with E-state index in [0.29, 0.717) is 18.4 Å². The molecule has 2 rings (SSSR count). The van der Waals surface area contributed by atoms with E-state index in [1.807, 2.05) is 19.1 Å². The van der Waals surface area contributed by atoms with E-state index in [2.05, 4.69) is 12.2 Å². The van der Waals surface area contributed by atoms with Crippen molar-refractivity contribution in [3.05, 3.63) is 23.8 Å². The number of aromatic hydroxyl groups is 1. The van der Waals surface area contributed by atoms with E-state index in [9.17, 15) is 5.11 Å². The van der Waals surface area contributed by atoms with Crippen LogP contribution in [0.1, 0.15) is 45.1 Å². The number of ether oxygens (including phenoxy) is 1. The molecule has 1 atom stereocenters. The number of rotatable bonds is 8. The Labute approximate surface area is 116 Å². The number of nitrogens with one attached hydrogen (secondary N) is 1. The van der Waals surface area contributed by atoms with Gasteiger partial charge in [0.05, 0.1) is 6.61 Å². The van der Waals surface area contributed by atoms with Gasteiger partial charge in [0, 0.05) is 12.6 Å². The van der Waals surface area contributed by atoms with Gasteiger partial charge in [-0.2, -0.15) is 0 Å². The molecule has 0 radical (unpaired) electrons. The molecule has 1 unspecified atom stereocenters. The summed E-state index contributed by atoms with van der Waals surface area (Å²) in [7, 11) is 0. The van der Waals surface area contributed by atoms with E-state index in [4.69, 9.17) is 4.74 Å². The Hall–Kier alpha value is -1.22. The average Bonchev–Trinajstić information content (AvgIpc) is 3.22. The molecule has 0 aromatic heterocycles. The molecule has 0 spiro atoms. The molecule has 19 heavy (non-hydrogen) atoms. The van der Waals surface area contributed by atoms with Crippen molar-refractivity contribution in [2.75, 3.05) is 6.61 Å². The fourth-order valence-corrected chi connectivity index (χ4v) is 2.35. The van der Waals surface area contributed by atoms with Crippen LogP contribution in [-0.2, 0) is 6.54 Å². The van der Waals surface area contributed by atoms with Crippen LogP contribution in [0, 0.1) is 5.92 Å². The highest BCUT2D eigenvalue weighted by molar-refractivity contribution is 5.41. The van der Waals surface area contributed by atoms with Gasteiger partial charge in [-0.3, -0.25) is 0 Å². The van der Waals surface area contributed by atoms with Gasteiger partial charge in [0.15, 0.2) is 11.5 Å². The van der Waals surface area contributed by atoms with E-state index in [1.165, 1.54) is 25.7 Å². The SMILES string of the molecule is CCOc1cc(CNC(CC)CC2CC2)ccc1O. The smallest absolute Gasteiger partial charge is 0.161 e. The van der Waals surface area contributed by atoms with Crippen LogP contribution in [-0.4, -0.2) is 17.8 Å². The van der Waals surface area contributed by atoms with Gasteiger partial charge in [0.2, 0.25) is 0 Å². The summed E-state index contributed by atoms with van der Waals surface area (Å²) in [5, 5.41) is 13.3. The Kier molecular flexibility index (Phi) is 5.08. The van der Waals surface area contributed by atoms with Gasteiger partial charge in [-0.05, 0) is 43.4 Å². The third kappa shape index (κ3) is 4.43. The minimum atomic E-state index is 0.218. The van der Waals surface area contributed by atoms with Gasteiger partial charge < -0.3 is 15.2 Å². The predicted octanol–water partition coefficient (Wildman–Crippen LogP) is 3.46. The minimum Gasteiger partial charge on any atom is -0.504 e. The lowest BCUT2D eigenvalue weighted by Gasteiger charge is -2.17. The number of phenolic OH excluding ortho intramolecular Hbond substituents is 1. The maximum absolute atomic E-state index is 9.67. The van der Waals surface area contributed by atoms with Crippen molar-refractivity contribution in [3.63, 3.8) is 0 Å². The van der Waals surface area contributed by atoms with Crippen LogP contribution in [0.15, 0.2) is 18.2 Å². The van der Waals surface area contributed by atoms with Gasteiger partial charge in [-0.1, -0.05) is 25.8 Å². The summed E-state index contributed by atoms with van der Waals surface area (Å²) in [5.74, 6) is 1.75. The Balaban J connectivity index is 1.88. The fraction of sp³-hybridized carbons (Fsp3) is 0.625. The summed E-state index contributed by atoms with van der Waals surface area (Å²) in [6.45, 7) is 5.57. The minimum absolute atomic E-state index is 0.218. The molecule has 0 heterocycles. The normalized spacial score (nSPS) is 16.3. The highest BCUT2D eigenvalue weighted by atomic mass is 16.5. The first-order valence-electron chi connectivity index (χ1n) is 7.41. The summed E-state index contributed by atoms with van der Waals surface area (Å²) < 4.78 is 5.41. The lowest BCUT2D eigenvalue weighted by molar-refractivity contribution is 0.317. The maximum Gasteiger partial charge on any atom is 0.161 e. The Bertz CT molecular complexity index is 402. The number of phenols is 1. The summed E-state index contributed by atoms with van der Waals surface area (Å²) >= 11 is 0. The molecule has 2 N–H and O–H groups in total. The molecule has 3 heteroatoms. The van der Waals surface area contributed by atoms with Crippen LogP contribution in [0.4, 0.5) is 0 Å². The summed E-state index contributed by atoms with van der Waals surface area (Å²) in [6, 6.07) is 6.20. The van der Waals surface area contributed by atoms with Crippen molar-refractivity contribution >= 4 is 0 Å². The summed E-state index contributed by atoms with van der Waals surface area (Å²) in [5.41, 5.74) is 1.16. The first-order valence-corrected chi connectivity index (χ1v) is 7.41. The molecule has 1 aromatic carbocycles. The lowest BCUT2D eigenvalue weighted by Crippen LogP contribution is -2.28. The van der Waals surface area contributed by atoms with Crippen molar-refractivity contribution in [3.8, 4) is 11.5 Å². The van der Waals surface area contributed by atoms with Crippen molar-refractivity contribution in [2.45, 2.75) is 52.1 Å². The lowest BCUT2D eigenvalue weighted by atomic mass is 10.1. The second-order valence-corrected chi connectivity index (χ2v) is 5.40. The first-order chi connectivity index (χ1) is 9.22. The van der Waals surface area contributed by atoms with E-state index >= 15 is 0 Å². The summed E-state index contributed by atoms with van der Waals surface area (Å²) in [4.78, 5) is 0. The van der Waals surface area contributed by atoms with Gasteiger partial charge in [-0.25, -0.2) is 0 Å². The van der Waals surface area contributed by atoms with Crippen molar-refractivity contribution in [1.29, 1.82) is 0 Å². The van der Waals surface area contributed by atoms with Crippen LogP contribution in [0.2, 0.25) is 0 Å². The fourth-order valence-electron chi connectivity index (χ4n) is 2.35. The molecule has 1 fully saturated rings. The maximum atomic E-state index is 9.67. The summed E-state index contributed by atoms with van der Waals surface area (Å²) in [6.07, 6.45) is 5.29. The van der Waals surface area contributed by atoms with Gasteiger partial charge in [0.1, 0.15) is 0 Å². The van der Waals surface area contributed by atoms with Crippen molar-refractivity contribution in [2.24, 2.45) is 5.92 Å². The standard InChI is InChI=1S/C16H25NO2/c1-3-14(9-12-5-6-12)17-11-13-7-8-15(18)16(10-13)19-4-2/h7-8,10,12,14,17-18H,3-6,9,11H2,1-2H3. The van der Waals surface area contributed by atoms with E-state index in [1.54, 1.807) is 6.07 Å². The number of benzene rings is 1. The van der Waals surface area contributed by atoms with E-state index in [0.717, 1.165) is 18.0 Å². The highest BCUT2D eigenvalue weighted by Gasteiger charge is 2.24. The molecule has 1 aliphatic carbocycles. The molecule has 3 nitrogen and oxygen atoms in total. The third-order valence-electron chi connectivity index (χ3n) is 3.73. The molecule has 1 aliphatic rings. The quantitative estimate of drug-likeness (QED) is 0.754. The Morgan fingerprint density at radius 1 is 1.37 bits per heavy atom. The molecule has 0 bridgehead atoms. The zero-order valence-electron chi connectivity index (χ0n) is 12.0. The molecule has 106 valence electrons. The van der Waals surface area contributed by atoms with Crippen molar-refractivity contribution < 1.29 is 9.84 Å². The molecule has 0 saturated heterocycles. The van der Waals surface area contributed by atoms with Crippen LogP contribution >= 0.6 is 0 Å². The topological polar surface area (TPSA) is 41.5 Å². The molecule has 0 amide bonds. The second-order valence-electron chi connectivity index (χ2n) is 5.40. The van der Waals surface area contributed by atoms with Gasteiger partial charge in [-0.15, -0.1) is 0 Å². The van der Waals surface area contributed by atoms with Crippen LogP contribution in [0.5, 0.6) is 11.5 Å². The average molecular weight is 263 g/mol. The van der Waals surface area contributed by atoms with Gasteiger partial charge >= 0.3 is 0 Å². The number of hydrogen-bond acceptors (Lipinski definition) is 3. The highest BCUT2D eigenvalue weighted by Crippen LogP contribution is 2.34. The van der Waals surface area contributed by atoms with Crippen LogP contribution in [0.25, 0.3) is 0 Å². The zero-order valence-corrected chi connectivity index (χ0v) is 12.0. The predicted molar refractivity (Wildman–Crippen MR) is 77.5 cm³/mol. The molecule has 1 saturated carbocycles. The number of hydrogen-bond donors (Lipinski definition) is 2. The second kappa shape index (κ2) is 6.80. The van der Waals surface area contributed by atoms with E-state index in [-0.39, 0.29) is 5.75 Å². The van der Waals surface area contributed by atoms with Crippen molar-refractivity contribution in [1.82, 2.24) is 5.32 Å². The largest absolute Gasteiger partial charge is 0.504 e. The molecule has 1 aromatic rings. The molecule has 0 aliphatic heterocycles. The first kappa shape index (κ1) is 14.2. The van der Waals surface area contributed by atoms with Gasteiger partial charge in [0.25, 0.3) is 0 Å². The zero-order chi connectivity index (χ0) is 13.7. The van der Waals surface area contributed by atoms with Crippen LogP contribution < -0.4 is 10.1 Å². The monoisotopic (exact) mass is 263 g/mol. The molecular weight excluding hydrogens is 238 g/mol. The Morgan fingerprint density at radius 2 is 2.16 bits per heavy atom. The molecular formula is C16H25NO2. The van der Waals surface area contributed by atoms with E-state index < -0.39 is 0 Å². The third-order valence-corrected chi connectivity index (χ3v) is 3.73.